The fraction of sp³-hybridized carbons (Fsp3) is 0.538. The molecule has 0 unspecified atom stereocenters. The summed E-state index contributed by atoms with van der Waals surface area (Å²) in [4.78, 5) is 37.4. The summed E-state index contributed by atoms with van der Waals surface area (Å²) in [6.07, 6.45) is 4.84. The Balaban J connectivity index is 0.726. The van der Waals surface area contributed by atoms with E-state index >= 15 is 0 Å². The van der Waals surface area contributed by atoms with Crippen LogP contribution in [0.5, 0.6) is 5.75 Å². The molecule has 1 saturated heterocycles. The van der Waals surface area contributed by atoms with Crippen molar-refractivity contribution in [3.8, 4) is 16.9 Å². The lowest BCUT2D eigenvalue weighted by atomic mass is 10.0. The van der Waals surface area contributed by atoms with Gasteiger partial charge < -0.3 is 84.2 Å². The summed E-state index contributed by atoms with van der Waals surface area (Å²) in [6.45, 7) is 11.6. The Labute approximate surface area is 547 Å². The molecule has 520 valence electrons. The molecular weight excluding hydrogens is 1260 g/mol. The van der Waals surface area contributed by atoms with E-state index in [1.807, 2.05) is 66.4 Å². The smallest absolute Gasteiger partial charge is 0.313 e. The number of nitrogens with zero attached hydrogens (tertiary/aromatic N) is 4. The van der Waals surface area contributed by atoms with Crippen LogP contribution in [0.1, 0.15) is 51.0 Å². The molecule has 4 aromatic carbocycles. The normalized spacial score (nSPS) is 13.7. The van der Waals surface area contributed by atoms with Gasteiger partial charge in [-0.15, -0.1) is 0 Å². The number of aliphatic hydroxyl groups is 1. The van der Waals surface area contributed by atoms with Crippen molar-refractivity contribution in [1.29, 1.82) is 0 Å². The van der Waals surface area contributed by atoms with Crippen molar-refractivity contribution >= 4 is 56.8 Å². The van der Waals surface area contributed by atoms with Crippen LogP contribution in [0.2, 0.25) is 0 Å². The number of nitrogens with two attached hydrogens (primary N) is 2. The van der Waals surface area contributed by atoms with E-state index in [0.29, 0.717) is 179 Å². The molecule has 94 heavy (non-hydrogen) atoms. The van der Waals surface area contributed by atoms with Gasteiger partial charge in [-0.2, -0.15) is 13.1 Å². The first-order chi connectivity index (χ1) is 45.7. The predicted octanol–water partition coefficient (Wildman–Crippen LogP) is 6.51. The minimum Gasteiger partial charge on any atom is -0.420 e. The zero-order chi connectivity index (χ0) is 67.2. The third-order valence-corrected chi connectivity index (χ3v) is 16.0. The maximum Gasteiger partial charge on any atom is 0.313 e. The van der Waals surface area contributed by atoms with Crippen LogP contribution in [0.4, 0.5) is 34.6 Å². The Morgan fingerprint density at radius 1 is 0.660 bits per heavy atom. The number of sulfonamides is 1. The number of nitrogens with one attached hydrogen (secondary N) is 2. The molecule has 0 atom stereocenters. The molecule has 4 aromatic rings. The first-order valence-electron chi connectivity index (χ1n) is 31.6. The van der Waals surface area contributed by atoms with Crippen LogP contribution in [0, 0.1) is 29.2 Å². The molecule has 0 spiro atoms. The van der Waals surface area contributed by atoms with Crippen molar-refractivity contribution in [3.05, 3.63) is 107 Å². The lowest BCUT2D eigenvalue weighted by Crippen LogP contribution is -2.51. The molecule has 7 N–H and O–H groups in total. The van der Waals surface area contributed by atoms with Crippen molar-refractivity contribution in [2.45, 2.75) is 50.3 Å². The van der Waals surface area contributed by atoms with E-state index in [2.05, 4.69) is 20.4 Å². The Kier molecular flexibility index (Phi) is 35.2. The summed E-state index contributed by atoms with van der Waals surface area (Å²) in [5.74, 6) is -8.78. The second kappa shape index (κ2) is 43.4. The minimum atomic E-state index is -3.70. The number of carbonyl (C=O) groups is 2. The van der Waals surface area contributed by atoms with Gasteiger partial charge in [0.15, 0.2) is 17.6 Å². The third kappa shape index (κ3) is 27.6. The minimum absolute atomic E-state index is 0.0144. The number of guanidine groups is 1. The molecule has 0 saturated carbocycles. The highest BCUT2D eigenvalue weighted by molar-refractivity contribution is 7.89. The molecule has 0 aromatic heterocycles. The summed E-state index contributed by atoms with van der Waals surface area (Å²) in [6, 6.07) is 19.8. The molecule has 0 aliphatic carbocycles. The van der Waals surface area contributed by atoms with Gasteiger partial charge in [0.05, 0.1) is 149 Å². The number of aliphatic hydroxyl groups excluding tert-OH is 1. The molecule has 24 nitrogen and oxygen atoms in total. The number of hydrogen-bond donors (Lipinski definition) is 5. The number of anilines is 2. The second-order valence-electron chi connectivity index (χ2n) is 21.5. The fourth-order valence-corrected chi connectivity index (χ4v) is 10.9. The third-order valence-electron chi connectivity index (χ3n) is 14.2. The summed E-state index contributed by atoms with van der Waals surface area (Å²) in [7, 11) is -3.70. The molecular formula is C65H90F4N8O16S. The van der Waals surface area contributed by atoms with Crippen molar-refractivity contribution in [2.75, 3.05) is 189 Å². The number of nitrogen functional groups attached to an aromatic ring is 1. The van der Waals surface area contributed by atoms with Gasteiger partial charge in [0, 0.05) is 86.8 Å². The number of unbranched alkanes of at least 4 members (excludes halogenated alkanes) is 2. The zero-order valence-corrected chi connectivity index (χ0v) is 54.2. The number of hydrogen-bond acceptors (Lipinski definition) is 20. The van der Waals surface area contributed by atoms with E-state index < -0.39 is 51.4 Å². The number of halogens is 4. The highest BCUT2D eigenvalue weighted by Crippen LogP contribution is 2.34. The first-order valence-corrected chi connectivity index (χ1v) is 33.0. The molecule has 1 fully saturated rings. The molecule has 0 radical (unpaired) electrons. The SMILES string of the molecule is CCCN(CCCCCN=C(NCCOCCOCCOCCOCCOCCOCCOCCOCCOCCOCCC(=O)Oc1c(F)c(F)cc(F)c1F)Nc1cccc(N)c1)C(=O)C1=Cc2ccc(-c3cccc(S(=O)(=O)N4CC(CO)C4)c3)cc2N=C(N)C1. The van der Waals surface area contributed by atoms with E-state index in [0.717, 1.165) is 42.5 Å². The van der Waals surface area contributed by atoms with Crippen molar-refractivity contribution < 1.29 is 92.8 Å². The largest absolute Gasteiger partial charge is 0.420 e. The van der Waals surface area contributed by atoms with Crippen LogP contribution in [0.25, 0.3) is 17.2 Å². The molecule has 6 rings (SSSR count). The molecule has 29 heteroatoms. The first kappa shape index (κ1) is 76.3. The predicted molar refractivity (Wildman–Crippen MR) is 345 cm³/mol. The number of carbonyl (C=O) groups excluding carboxylic acids is 2. The second-order valence-corrected chi connectivity index (χ2v) is 23.5. The summed E-state index contributed by atoms with van der Waals surface area (Å²) >= 11 is 0. The van der Waals surface area contributed by atoms with E-state index in [1.165, 1.54) is 4.31 Å². The van der Waals surface area contributed by atoms with E-state index in [1.54, 1.807) is 18.2 Å². The standard InChI is InChI=1S/C65H90F4N8O16S/c1-2-17-76(64(80)52-39-51-13-12-50(41-58(51)75-59(71)42-52)49-8-6-11-55(40-49)94(81,82)77-45-48(46-77)47-78)18-5-3-4-15-72-65(74-54-10-7-9-53(70)43-54)73-16-20-84-22-24-86-26-28-88-30-32-90-34-36-92-38-37-91-35-33-89-31-29-87-27-25-85-23-21-83-19-14-60(79)93-63-61(68)56(66)44-57(67)62(63)69/h6-13,39-41,43-44,48,78H,2-5,14-38,42,45-47,70H2,1H3,(H2,71,75)(H2,72,73,74). The topological polar surface area (TPSA) is 297 Å². The summed E-state index contributed by atoms with van der Waals surface area (Å²) in [5, 5.41) is 16.1. The molecule has 2 aliphatic rings. The van der Waals surface area contributed by atoms with Crippen molar-refractivity contribution in [1.82, 2.24) is 14.5 Å². The van der Waals surface area contributed by atoms with Gasteiger partial charge in [0.2, 0.25) is 33.3 Å². The highest BCUT2D eigenvalue weighted by atomic mass is 32.2. The van der Waals surface area contributed by atoms with Crippen LogP contribution in [-0.2, 0) is 67.0 Å². The molecule has 1 amide bonds. The number of rotatable bonds is 48. The van der Waals surface area contributed by atoms with Gasteiger partial charge >= 0.3 is 5.97 Å². The van der Waals surface area contributed by atoms with E-state index in [9.17, 15) is 40.7 Å². The fourth-order valence-electron chi connectivity index (χ4n) is 9.27. The maximum absolute atomic E-state index is 14.1. The van der Waals surface area contributed by atoms with Gasteiger partial charge in [0.1, 0.15) is 5.84 Å². The average molecular weight is 1350 g/mol. The van der Waals surface area contributed by atoms with Crippen LogP contribution in [0.15, 0.2) is 93.2 Å². The quantitative estimate of drug-likeness (QED) is 0.00460. The zero-order valence-electron chi connectivity index (χ0n) is 53.4. The lowest BCUT2D eigenvalue weighted by molar-refractivity contribution is -0.136. The number of amidine groups is 1. The van der Waals surface area contributed by atoms with Crippen molar-refractivity contribution in [3.63, 3.8) is 0 Å². The number of fused-ring (bicyclic) bond motifs is 1. The Hall–Kier alpha value is -6.71. The van der Waals surface area contributed by atoms with Gasteiger partial charge in [-0.1, -0.05) is 37.3 Å². The van der Waals surface area contributed by atoms with Crippen LogP contribution in [0.3, 0.4) is 0 Å². The van der Waals surface area contributed by atoms with Gasteiger partial charge in [0.25, 0.3) is 0 Å². The summed E-state index contributed by atoms with van der Waals surface area (Å²) in [5.41, 5.74) is 17.2. The number of aliphatic imine (C=N–C) groups is 2. The summed E-state index contributed by atoms with van der Waals surface area (Å²) < 4.78 is 141. The van der Waals surface area contributed by atoms with E-state index in [4.69, 9.17) is 63.8 Å². The number of esters is 1. The average Bonchev–Trinajstić information content (AvgIpc) is 0.889. The van der Waals surface area contributed by atoms with Gasteiger partial charge in [-0.25, -0.2) is 22.2 Å². The van der Waals surface area contributed by atoms with Crippen LogP contribution >= 0.6 is 0 Å². The number of ether oxygens (including phenoxy) is 11. The monoisotopic (exact) mass is 1350 g/mol. The Bertz CT molecular complexity index is 3120. The number of amides is 1. The lowest BCUT2D eigenvalue weighted by Gasteiger charge is -2.36. The molecule has 2 heterocycles. The molecule has 2 aliphatic heterocycles. The molecule has 0 bridgehead atoms. The van der Waals surface area contributed by atoms with Crippen LogP contribution < -0.4 is 26.8 Å². The number of benzene rings is 4. The van der Waals surface area contributed by atoms with E-state index in [-0.39, 0.29) is 62.2 Å². The highest BCUT2D eigenvalue weighted by Gasteiger charge is 2.36. The maximum atomic E-state index is 14.1. The van der Waals surface area contributed by atoms with Crippen molar-refractivity contribution in [2.24, 2.45) is 21.6 Å². The Morgan fingerprint density at radius 3 is 1.76 bits per heavy atom. The van der Waals surface area contributed by atoms with Gasteiger partial charge in [-0.05, 0) is 79.3 Å². The van der Waals surface area contributed by atoms with Crippen LogP contribution in [-0.4, -0.2) is 224 Å². The van der Waals surface area contributed by atoms with Gasteiger partial charge in [-0.3, -0.25) is 14.6 Å². The Morgan fingerprint density at radius 2 is 1.20 bits per heavy atom.